The average Bonchev–Trinajstić information content (AvgIpc) is 2.37. The van der Waals surface area contributed by atoms with E-state index < -0.39 is 0 Å². The first kappa shape index (κ1) is 14.3. The molecule has 0 radical (unpaired) electrons. The molecule has 2 aromatic carbocycles. The third-order valence-corrected chi connectivity index (χ3v) is 3.93. The monoisotopic (exact) mass is 317 g/mol. The maximum absolute atomic E-state index is 6.28. The molecule has 2 N–H and O–H groups in total. The van der Waals surface area contributed by atoms with Crippen molar-refractivity contribution in [2.24, 2.45) is 5.73 Å². The van der Waals surface area contributed by atoms with Crippen LogP contribution in [0.4, 0.5) is 0 Å². The van der Waals surface area contributed by atoms with Crippen LogP contribution in [0.2, 0.25) is 0 Å². The third kappa shape index (κ3) is 4.19. The molecule has 1 nitrogen and oxygen atoms in total. The molecule has 0 saturated carbocycles. The van der Waals surface area contributed by atoms with Crippen molar-refractivity contribution >= 4 is 15.9 Å². The van der Waals surface area contributed by atoms with Crippen LogP contribution in [0.1, 0.15) is 22.3 Å². The Balaban J connectivity index is 2.02. The van der Waals surface area contributed by atoms with Crippen molar-refractivity contribution in [1.82, 2.24) is 0 Å². The highest BCUT2D eigenvalue weighted by Gasteiger charge is 2.08. The fraction of sp³-hybridized carbons (Fsp3) is 0.294. The van der Waals surface area contributed by atoms with Gasteiger partial charge in [-0.1, -0.05) is 51.8 Å². The lowest BCUT2D eigenvalue weighted by molar-refractivity contribution is 0.662. The fourth-order valence-corrected chi connectivity index (χ4v) is 2.56. The zero-order chi connectivity index (χ0) is 13.8. The first-order chi connectivity index (χ1) is 9.04. The molecular weight excluding hydrogens is 298 g/mol. The van der Waals surface area contributed by atoms with Gasteiger partial charge in [-0.2, -0.15) is 0 Å². The Morgan fingerprint density at radius 1 is 1.00 bits per heavy atom. The van der Waals surface area contributed by atoms with Crippen LogP contribution in [0.5, 0.6) is 0 Å². The first-order valence-electron chi connectivity index (χ1n) is 6.61. The summed E-state index contributed by atoms with van der Waals surface area (Å²) >= 11 is 3.45. The third-order valence-electron chi connectivity index (χ3n) is 3.40. The molecule has 1 unspecified atom stereocenters. The normalized spacial score (nSPS) is 12.4. The summed E-state index contributed by atoms with van der Waals surface area (Å²) in [6, 6.07) is 15.1. The zero-order valence-corrected chi connectivity index (χ0v) is 13.1. The van der Waals surface area contributed by atoms with Gasteiger partial charge in [0.1, 0.15) is 0 Å². The van der Waals surface area contributed by atoms with Crippen molar-refractivity contribution in [3.05, 3.63) is 69.2 Å². The second-order valence-corrected chi connectivity index (χ2v) is 6.14. The Kier molecular flexibility index (Phi) is 4.78. The van der Waals surface area contributed by atoms with Gasteiger partial charge in [0.05, 0.1) is 0 Å². The van der Waals surface area contributed by atoms with E-state index in [2.05, 4.69) is 72.2 Å². The van der Waals surface area contributed by atoms with E-state index in [0.29, 0.717) is 0 Å². The predicted octanol–water partition coefficient (Wildman–Crippen LogP) is 4.18. The number of hydrogen-bond acceptors (Lipinski definition) is 1. The maximum atomic E-state index is 6.28. The van der Waals surface area contributed by atoms with Crippen LogP contribution >= 0.6 is 15.9 Å². The standard InChI is InChI=1S/C17H20BrN/c1-12-3-4-13(2)15(9-12)11-17(19)10-14-5-7-16(18)8-6-14/h3-9,17H,10-11,19H2,1-2H3. The van der Waals surface area contributed by atoms with Crippen LogP contribution in [0.3, 0.4) is 0 Å². The fourth-order valence-electron chi connectivity index (χ4n) is 2.30. The molecule has 0 spiro atoms. The van der Waals surface area contributed by atoms with E-state index in [1.54, 1.807) is 0 Å². The molecule has 2 rings (SSSR count). The largest absolute Gasteiger partial charge is 0.327 e. The van der Waals surface area contributed by atoms with Crippen molar-refractivity contribution in [2.75, 3.05) is 0 Å². The zero-order valence-electron chi connectivity index (χ0n) is 11.5. The van der Waals surface area contributed by atoms with E-state index in [9.17, 15) is 0 Å². The highest BCUT2D eigenvalue weighted by molar-refractivity contribution is 9.10. The summed E-state index contributed by atoms with van der Waals surface area (Å²) in [7, 11) is 0. The minimum atomic E-state index is 0.168. The Hall–Kier alpha value is -1.12. The average molecular weight is 318 g/mol. The van der Waals surface area contributed by atoms with Crippen LogP contribution in [0, 0.1) is 13.8 Å². The summed E-state index contributed by atoms with van der Waals surface area (Å²) < 4.78 is 1.11. The molecule has 19 heavy (non-hydrogen) atoms. The summed E-state index contributed by atoms with van der Waals surface area (Å²) in [5, 5.41) is 0. The van der Waals surface area contributed by atoms with E-state index in [1.807, 2.05) is 0 Å². The van der Waals surface area contributed by atoms with Gasteiger partial charge in [-0.25, -0.2) is 0 Å². The molecule has 2 heteroatoms. The summed E-state index contributed by atoms with van der Waals surface area (Å²) in [4.78, 5) is 0. The Morgan fingerprint density at radius 2 is 1.68 bits per heavy atom. The minimum Gasteiger partial charge on any atom is -0.327 e. The second kappa shape index (κ2) is 6.36. The number of halogens is 1. The SMILES string of the molecule is Cc1ccc(C)c(CC(N)Cc2ccc(Br)cc2)c1. The molecule has 0 aliphatic rings. The van der Waals surface area contributed by atoms with Crippen molar-refractivity contribution in [3.8, 4) is 0 Å². The number of benzene rings is 2. The Labute approximate surface area is 124 Å². The van der Waals surface area contributed by atoms with Gasteiger partial charge in [-0.15, -0.1) is 0 Å². The van der Waals surface area contributed by atoms with E-state index in [0.717, 1.165) is 17.3 Å². The van der Waals surface area contributed by atoms with Crippen LogP contribution in [-0.4, -0.2) is 6.04 Å². The van der Waals surface area contributed by atoms with Gasteiger partial charge < -0.3 is 5.73 Å². The molecule has 0 aliphatic carbocycles. The van der Waals surface area contributed by atoms with Crippen LogP contribution in [0.15, 0.2) is 46.9 Å². The second-order valence-electron chi connectivity index (χ2n) is 5.22. The number of aryl methyl sites for hydroxylation is 2. The predicted molar refractivity (Wildman–Crippen MR) is 85.4 cm³/mol. The summed E-state index contributed by atoms with van der Waals surface area (Å²) in [5.74, 6) is 0. The van der Waals surface area contributed by atoms with Gasteiger partial charge in [-0.3, -0.25) is 0 Å². The van der Waals surface area contributed by atoms with E-state index in [1.165, 1.54) is 22.3 Å². The van der Waals surface area contributed by atoms with Gasteiger partial charge in [0.25, 0.3) is 0 Å². The lowest BCUT2D eigenvalue weighted by Gasteiger charge is -2.14. The summed E-state index contributed by atoms with van der Waals surface area (Å²) in [6.07, 6.45) is 1.85. The molecule has 0 fully saturated rings. The lowest BCUT2D eigenvalue weighted by atomic mass is 9.96. The topological polar surface area (TPSA) is 26.0 Å². The van der Waals surface area contributed by atoms with E-state index >= 15 is 0 Å². The highest BCUT2D eigenvalue weighted by Crippen LogP contribution is 2.15. The quantitative estimate of drug-likeness (QED) is 0.899. The molecule has 1 atom stereocenters. The molecule has 0 aromatic heterocycles. The molecule has 0 heterocycles. The maximum Gasteiger partial charge on any atom is 0.0175 e. The summed E-state index contributed by atoms with van der Waals surface area (Å²) in [5.41, 5.74) is 11.6. The van der Waals surface area contributed by atoms with Crippen molar-refractivity contribution < 1.29 is 0 Å². The number of hydrogen-bond donors (Lipinski definition) is 1. The molecular formula is C17H20BrN. The Morgan fingerprint density at radius 3 is 2.37 bits per heavy atom. The number of rotatable bonds is 4. The molecule has 100 valence electrons. The smallest absolute Gasteiger partial charge is 0.0175 e. The summed E-state index contributed by atoms with van der Waals surface area (Å²) in [6.45, 7) is 4.28. The highest BCUT2D eigenvalue weighted by atomic mass is 79.9. The Bertz CT molecular complexity index is 546. The van der Waals surface area contributed by atoms with Crippen molar-refractivity contribution in [1.29, 1.82) is 0 Å². The van der Waals surface area contributed by atoms with Gasteiger partial charge in [0.15, 0.2) is 0 Å². The molecule has 2 aromatic rings. The molecule has 0 amide bonds. The van der Waals surface area contributed by atoms with E-state index in [-0.39, 0.29) is 6.04 Å². The lowest BCUT2D eigenvalue weighted by Crippen LogP contribution is -2.25. The van der Waals surface area contributed by atoms with Gasteiger partial charge in [0.2, 0.25) is 0 Å². The van der Waals surface area contributed by atoms with Gasteiger partial charge in [0, 0.05) is 10.5 Å². The van der Waals surface area contributed by atoms with Crippen LogP contribution in [-0.2, 0) is 12.8 Å². The van der Waals surface area contributed by atoms with Crippen LogP contribution in [0.25, 0.3) is 0 Å². The number of nitrogens with two attached hydrogens (primary N) is 1. The molecule has 0 bridgehead atoms. The minimum absolute atomic E-state index is 0.168. The van der Waals surface area contributed by atoms with Crippen molar-refractivity contribution in [2.45, 2.75) is 32.7 Å². The first-order valence-corrected chi connectivity index (χ1v) is 7.40. The van der Waals surface area contributed by atoms with Crippen LogP contribution < -0.4 is 5.73 Å². The van der Waals surface area contributed by atoms with Gasteiger partial charge >= 0.3 is 0 Å². The molecule has 0 saturated heterocycles. The van der Waals surface area contributed by atoms with E-state index in [4.69, 9.17) is 5.73 Å². The van der Waals surface area contributed by atoms with Gasteiger partial charge in [-0.05, 0) is 55.5 Å². The molecule has 0 aliphatic heterocycles. The van der Waals surface area contributed by atoms with Crippen molar-refractivity contribution in [3.63, 3.8) is 0 Å².